The predicted octanol–water partition coefficient (Wildman–Crippen LogP) is 10.2. The zero-order valence-corrected chi connectivity index (χ0v) is 33.5. The van der Waals surface area contributed by atoms with Crippen LogP contribution in [-0.4, -0.2) is 77.3 Å². The first-order valence-corrected chi connectivity index (χ1v) is 21.5. The molecule has 0 fully saturated rings. The molecule has 0 aromatic heterocycles. The van der Waals surface area contributed by atoms with Crippen molar-refractivity contribution in [3.05, 3.63) is 0 Å². The molecule has 50 heavy (non-hydrogen) atoms. The minimum absolute atomic E-state index is 0.0153. The van der Waals surface area contributed by atoms with Crippen LogP contribution < -0.4 is 10.6 Å². The van der Waals surface area contributed by atoms with E-state index in [0.29, 0.717) is 72.0 Å². The lowest BCUT2D eigenvalue weighted by Crippen LogP contribution is -2.37. The molecule has 298 valence electrons. The summed E-state index contributed by atoms with van der Waals surface area (Å²) >= 11 is 0. The molecule has 8 nitrogen and oxygen atoms in total. The largest absolute Gasteiger partial charge is 0.379 e. The first-order valence-electron chi connectivity index (χ1n) is 21.5. The van der Waals surface area contributed by atoms with Gasteiger partial charge in [0.15, 0.2) is 0 Å². The van der Waals surface area contributed by atoms with Gasteiger partial charge in [-0.05, 0) is 26.2 Å². The van der Waals surface area contributed by atoms with Gasteiger partial charge in [0.05, 0.1) is 32.5 Å². The minimum Gasteiger partial charge on any atom is -0.379 e. The lowest BCUT2D eigenvalue weighted by molar-refractivity contribution is -0.124. The quantitative estimate of drug-likeness (QED) is 0.0612. The molecule has 0 saturated carbocycles. The Morgan fingerprint density at radius 1 is 0.440 bits per heavy atom. The molecule has 2 amide bonds. The number of unbranched alkanes of at least 4 members (excludes halogenated alkanes) is 22. The molecule has 0 radical (unpaired) electrons. The molecule has 8 heteroatoms. The van der Waals surface area contributed by atoms with Gasteiger partial charge in [-0.25, -0.2) is 0 Å². The van der Waals surface area contributed by atoms with E-state index in [1.807, 2.05) is 6.92 Å². The maximum atomic E-state index is 12.5. The van der Waals surface area contributed by atoms with Crippen molar-refractivity contribution in [2.45, 2.75) is 200 Å². The molecule has 0 aromatic rings. The Bertz CT molecular complexity index is 695. The van der Waals surface area contributed by atoms with E-state index in [1.165, 1.54) is 141 Å². The highest BCUT2D eigenvalue weighted by Gasteiger charge is 2.12. The maximum Gasteiger partial charge on any atom is 0.222 e. The molecule has 0 aliphatic carbocycles. The molecular weight excluding hydrogens is 628 g/mol. The highest BCUT2D eigenvalue weighted by molar-refractivity contribution is 5.77. The fraction of sp³-hybridized carbons (Fsp3) is 0.952. The van der Waals surface area contributed by atoms with E-state index in [0.717, 1.165) is 19.4 Å². The Morgan fingerprint density at radius 3 is 1.42 bits per heavy atom. The van der Waals surface area contributed by atoms with Crippen LogP contribution in [0.25, 0.3) is 0 Å². The van der Waals surface area contributed by atoms with Crippen LogP contribution in [0, 0.1) is 0 Å². The van der Waals surface area contributed by atoms with E-state index in [1.54, 1.807) is 0 Å². The van der Waals surface area contributed by atoms with Crippen molar-refractivity contribution in [3.8, 4) is 0 Å². The summed E-state index contributed by atoms with van der Waals surface area (Å²) in [5, 5.41) is 5.90. The lowest BCUT2D eigenvalue weighted by Gasteiger charge is -2.19. The van der Waals surface area contributed by atoms with Crippen molar-refractivity contribution in [2.24, 2.45) is 0 Å². The van der Waals surface area contributed by atoms with E-state index in [-0.39, 0.29) is 17.9 Å². The van der Waals surface area contributed by atoms with Gasteiger partial charge in [0.2, 0.25) is 11.8 Å². The van der Waals surface area contributed by atoms with Gasteiger partial charge in [0.25, 0.3) is 0 Å². The van der Waals surface area contributed by atoms with E-state index >= 15 is 0 Å². The second-order valence-electron chi connectivity index (χ2n) is 14.2. The van der Waals surface area contributed by atoms with Crippen molar-refractivity contribution >= 4 is 11.8 Å². The van der Waals surface area contributed by atoms with E-state index in [2.05, 4.69) is 24.5 Å². The van der Waals surface area contributed by atoms with Crippen molar-refractivity contribution in [1.82, 2.24) is 10.6 Å². The van der Waals surface area contributed by atoms with E-state index in [9.17, 15) is 9.59 Å². The third kappa shape index (κ3) is 39.6. The number of carbonyl (C=O) groups excluding carboxylic acids is 2. The average molecular weight is 713 g/mol. The van der Waals surface area contributed by atoms with Gasteiger partial charge in [-0.3, -0.25) is 9.59 Å². The second-order valence-corrected chi connectivity index (χ2v) is 14.2. The topological polar surface area (TPSA) is 95.1 Å². The predicted molar refractivity (Wildman–Crippen MR) is 210 cm³/mol. The van der Waals surface area contributed by atoms with Crippen LogP contribution in [0.5, 0.6) is 0 Å². The monoisotopic (exact) mass is 713 g/mol. The molecule has 0 aliphatic heterocycles. The lowest BCUT2D eigenvalue weighted by atomic mass is 10.1. The minimum atomic E-state index is -0.133. The van der Waals surface area contributed by atoms with Crippen molar-refractivity contribution < 1.29 is 28.5 Å². The van der Waals surface area contributed by atoms with Gasteiger partial charge < -0.3 is 29.6 Å². The van der Waals surface area contributed by atoms with Crippen LogP contribution in [0.3, 0.4) is 0 Å². The Hall–Kier alpha value is -1.22. The number of rotatable bonds is 42. The molecule has 0 spiro atoms. The van der Waals surface area contributed by atoms with Crippen LogP contribution >= 0.6 is 0 Å². The molecular formula is C42H84N2O6. The zero-order valence-electron chi connectivity index (χ0n) is 33.5. The summed E-state index contributed by atoms with van der Waals surface area (Å²) in [6, 6.07) is 0. The molecule has 0 aromatic carbocycles. The molecule has 2 N–H and O–H groups in total. The van der Waals surface area contributed by atoms with E-state index in [4.69, 9.17) is 18.9 Å². The average Bonchev–Trinajstić information content (AvgIpc) is 3.12. The SMILES string of the molecule is CCCCCCCCCCCCCCOCC(CNC(=O)CCCNC(=O)CCOCCOCC)OCCCCCCCCCCCCCC. The first kappa shape index (κ1) is 48.8. The van der Waals surface area contributed by atoms with Gasteiger partial charge in [-0.15, -0.1) is 0 Å². The number of hydrogen-bond acceptors (Lipinski definition) is 6. The molecule has 0 heterocycles. The van der Waals surface area contributed by atoms with Crippen LogP contribution in [0.2, 0.25) is 0 Å². The Kier molecular flexibility index (Phi) is 41.2. The Morgan fingerprint density at radius 2 is 0.900 bits per heavy atom. The van der Waals surface area contributed by atoms with E-state index < -0.39 is 0 Å². The molecule has 1 atom stereocenters. The molecule has 0 bridgehead atoms. The van der Waals surface area contributed by atoms with Gasteiger partial charge in [0.1, 0.15) is 0 Å². The van der Waals surface area contributed by atoms with Gasteiger partial charge in [-0.1, -0.05) is 155 Å². The standard InChI is InChI=1S/C42H84N2O6/c1-4-7-9-11-13-15-17-19-21-23-25-27-33-49-39-40(50-34-28-26-24-22-20-18-16-14-12-10-8-5-2)38-44-41(45)30-29-32-43-42(46)31-35-48-37-36-47-6-3/h40H,4-39H2,1-3H3,(H,43,46)(H,44,45). The summed E-state index contributed by atoms with van der Waals surface area (Å²) in [6.45, 7) is 11.5. The van der Waals surface area contributed by atoms with Crippen LogP contribution in [0.15, 0.2) is 0 Å². The Balaban J connectivity index is 4.14. The summed E-state index contributed by atoms with van der Waals surface area (Å²) in [5.41, 5.74) is 0. The molecule has 0 saturated heterocycles. The third-order valence-electron chi connectivity index (χ3n) is 9.28. The fourth-order valence-electron chi connectivity index (χ4n) is 6.03. The number of amides is 2. The van der Waals surface area contributed by atoms with Crippen LogP contribution in [0.4, 0.5) is 0 Å². The van der Waals surface area contributed by atoms with Crippen molar-refractivity contribution in [3.63, 3.8) is 0 Å². The third-order valence-corrected chi connectivity index (χ3v) is 9.28. The molecule has 0 rings (SSSR count). The number of nitrogens with one attached hydrogen (secondary N) is 2. The fourth-order valence-corrected chi connectivity index (χ4v) is 6.03. The number of hydrogen-bond donors (Lipinski definition) is 2. The first-order chi connectivity index (χ1) is 24.6. The highest BCUT2D eigenvalue weighted by Crippen LogP contribution is 2.13. The molecule has 0 aliphatic rings. The van der Waals surface area contributed by atoms with Gasteiger partial charge in [0, 0.05) is 45.8 Å². The number of carbonyl (C=O) groups is 2. The molecule has 1 unspecified atom stereocenters. The maximum absolute atomic E-state index is 12.5. The summed E-state index contributed by atoms with van der Waals surface area (Å²) in [6.07, 6.45) is 33.0. The second kappa shape index (κ2) is 42.2. The summed E-state index contributed by atoms with van der Waals surface area (Å²) in [4.78, 5) is 24.5. The smallest absolute Gasteiger partial charge is 0.222 e. The van der Waals surface area contributed by atoms with Crippen molar-refractivity contribution in [1.29, 1.82) is 0 Å². The summed E-state index contributed by atoms with van der Waals surface area (Å²) in [7, 11) is 0. The highest BCUT2D eigenvalue weighted by atomic mass is 16.5. The zero-order chi connectivity index (χ0) is 36.4. The van der Waals surface area contributed by atoms with Crippen LogP contribution in [-0.2, 0) is 28.5 Å². The van der Waals surface area contributed by atoms with Crippen LogP contribution in [0.1, 0.15) is 194 Å². The summed E-state index contributed by atoms with van der Waals surface area (Å²) < 4.78 is 22.8. The Labute approximate surface area is 310 Å². The number of ether oxygens (including phenoxy) is 4. The van der Waals surface area contributed by atoms with Gasteiger partial charge >= 0.3 is 0 Å². The van der Waals surface area contributed by atoms with Crippen molar-refractivity contribution in [2.75, 3.05) is 59.3 Å². The normalized spacial score (nSPS) is 12.0. The summed E-state index contributed by atoms with van der Waals surface area (Å²) in [5.74, 6) is -0.0724. The van der Waals surface area contributed by atoms with Gasteiger partial charge in [-0.2, -0.15) is 0 Å².